The van der Waals surface area contributed by atoms with Gasteiger partial charge in [-0.1, -0.05) is 53.3 Å². The van der Waals surface area contributed by atoms with E-state index in [9.17, 15) is 4.79 Å². The van der Waals surface area contributed by atoms with Crippen LogP contribution >= 0.6 is 22.9 Å². The first kappa shape index (κ1) is 21.3. The van der Waals surface area contributed by atoms with Crippen LogP contribution in [-0.4, -0.2) is 27.2 Å². The van der Waals surface area contributed by atoms with Crippen LogP contribution in [0.15, 0.2) is 54.6 Å². The molecule has 158 valence electrons. The number of fused-ring (bicyclic) bond motifs is 1. The number of anilines is 1. The minimum Gasteiger partial charge on any atom is -0.283 e. The van der Waals surface area contributed by atoms with Gasteiger partial charge in [-0.05, 0) is 56.2 Å². The first-order chi connectivity index (χ1) is 14.9. The van der Waals surface area contributed by atoms with Crippen molar-refractivity contribution < 1.29 is 4.79 Å². The second-order valence-corrected chi connectivity index (χ2v) is 8.82. The minimum atomic E-state index is -0.117. The highest BCUT2D eigenvalue weighted by molar-refractivity contribution is 7.22. The van der Waals surface area contributed by atoms with Crippen LogP contribution in [0.1, 0.15) is 22.5 Å². The maximum absolute atomic E-state index is 13.2. The topological polar surface area (TPSA) is 51.0 Å². The third-order valence-corrected chi connectivity index (χ3v) is 6.54. The summed E-state index contributed by atoms with van der Waals surface area (Å²) >= 11 is 7.77. The lowest BCUT2D eigenvalue weighted by atomic mass is 10.2. The van der Waals surface area contributed by atoms with Crippen LogP contribution in [0.2, 0.25) is 5.02 Å². The molecular formula is C24H23ClN4OS. The van der Waals surface area contributed by atoms with Crippen molar-refractivity contribution in [2.75, 3.05) is 11.4 Å². The number of rotatable bonds is 6. The summed E-state index contributed by atoms with van der Waals surface area (Å²) in [5, 5.41) is 5.86. The summed E-state index contributed by atoms with van der Waals surface area (Å²) in [5.41, 5.74) is 4.76. The fourth-order valence-corrected chi connectivity index (χ4v) is 4.63. The Morgan fingerprint density at radius 3 is 2.65 bits per heavy atom. The zero-order chi connectivity index (χ0) is 22.0. The van der Waals surface area contributed by atoms with Crippen LogP contribution in [0.4, 0.5) is 5.13 Å². The quantitative estimate of drug-likeness (QED) is 0.348. The Balaban J connectivity index is 1.66. The fourth-order valence-electron chi connectivity index (χ4n) is 3.42. The molecule has 4 aromatic rings. The van der Waals surface area contributed by atoms with Crippen molar-refractivity contribution in [2.45, 2.75) is 27.3 Å². The molecule has 7 heteroatoms. The molecule has 2 aromatic heterocycles. The molecule has 31 heavy (non-hydrogen) atoms. The molecule has 0 fully saturated rings. The number of nitrogens with zero attached hydrogens (tertiary/aromatic N) is 4. The van der Waals surface area contributed by atoms with E-state index >= 15 is 0 Å². The minimum absolute atomic E-state index is 0.117. The summed E-state index contributed by atoms with van der Waals surface area (Å²) in [6.45, 7) is 6.98. The summed E-state index contributed by atoms with van der Waals surface area (Å²) in [6, 6.07) is 15.6. The van der Waals surface area contributed by atoms with Gasteiger partial charge in [0.05, 0.1) is 22.5 Å². The van der Waals surface area contributed by atoms with Crippen molar-refractivity contribution in [1.82, 2.24) is 14.8 Å². The molecule has 0 N–H and O–H groups in total. The van der Waals surface area contributed by atoms with Gasteiger partial charge in [0.15, 0.2) is 5.13 Å². The molecule has 0 atom stereocenters. The lowest BCUT2D eigenvalue weighted by Crippen LogP contribution is -2.33. The van der Waals surface area contributed by atoms with E-state index in [-0.39, 0.29) is 5.91 Å². The van der Waals surface area contributed by atoms with Crippen LogP contribution in [0, 0.1) is 20.8 Å². The van der Waals surface area contributed by atoms with E-state index in [4.69, 9.17) is 16.6 Å². The lowest BCUT2D eigenvalue weighted by Gasteiger charge is -2.18. The summed E-state index contributed by atoms with van der Waals surface area (Å²) in [5.74, 6) is -0.117. The molecule has 0 spiro atoms. The van der Waals surface area contributed by atoms with E-state index in [0.717, 1.165) is 32.7 Å². The molecule has 0 bridgehead atoms. The zero-order valence-electron chi connectivity index (χ0n) is 17.7. The Hall–Kier alpha value is -2.96. The van der Waals surface area contributed by atoms with Crippen LogP contribution in [-0.2, 0) is 11.3 Å². The number of carbonyl (C=O) groups excluding carboxylic acids is 1. The average molecular weight is 451 g/mol. The predicted molar refractivity (Wildman–Crippen MR) is 129 cm³/mol. The second-order valence-electron chi connectivity index (χ2n) is 7.40. The average Bonchev–Trinajstić information content (AvgIpc) is 3.33. The number of benzene rings is 2. The van der Waals surface area contributed by atoms with Crippen molar-refractivity contribution in [3.05, 3.63) is 82.1 Å². The number of aryl methyl sites for hydroxylation is 3. The lowest BCUT2D eigenvalue weighted by molar-refractivity contribution is -0.114. The first-order valence-electron chi connectivity index (χ1n) is 10.0. The molecule has 1 amide bonds. The molecule has 2 heterocycles. The predicted octanol–water partition coefficient (Wildman–Crippen LogP) is 5.82. The number of halogens is 1. The number of aromatic nitrogens is 3. The highest BCUT2D eigenvalue weighted by Crippen LogP contribution is 2.33. The molecule has 0 aliphatic rings. The number of hydrogen-bond acceptors (Lipinski definition) is 4. The van der Waals surface area contributed by atoms with E-state index in [0.29, 0.717) is 23.2 Å². The van der Waals surface area contributed by atoms with Gasteiger partial charge >= 0.3 is 0 Å². The number of amides is 1. The SMILES string of the molecule is Cc1cc(C)n(CCN(C(=O)/C=C/c2ccccc2)c2nc3c(C)c(Cl)ccc3s2)n1. The molecule has 2 aromatic carbocycles. The number of carbonyl (C=O) groups is 1. The van der Waals surface area contributed by atoms with Crippen molar-refractivity contribution in [1.29, 1.82) is 0 Å². The Morgan fingerprint density at radius 1 is 1.16 bits per heavy atom. The van der Waals surface area contributed by atoms with E-state index in [2.05, 4.69) is 5.10 Å². The smallest absolute Gasteiger partial charge is 0.252 e. The zero-order valence-corrected chi connectivity index (χ0v) is 19.2. The summed E-state index contributed by atoms with van der Waals surface area (Å²) in [7, 11) is 0. The Bertz CT molecular complexity index is 1260. The van der Waals surface area contributed by atoms with Crippen molar-refractivity contribution in [2.24, 2.45) is 0 Å². The second kappa shape index (κ2) is 9.04. The highest BCUT2D eigenvalue weighted by atomic mass is 35.5. The van der Waals surface area contributed by atoms with Crippen LogP contribution in [0.3, 0.4) is 0 Å². The monoisotopic (exact) mass is 450 g/mol. The molecule has 0 radical (unpaired) electrons. The molecule has 0 saturated carbocycles. The third kappa shape index (κ3) is 4.70. The molecule has 0 aliphatic heterocycles. The van der Waals surface area contributed by atoms with Gasteiger partial charge in [0.1, 0.15) is 0 Å². The first-order valence-corrected chi connectivity index (χ1v) is 11.2. The molecular weight excluding hydrogens is 428 g/mol. The summed E-state index contributed by atoms with van der Waals surface area (Å²) in [6.07, 6.45) is 3.43. The third-order valence-electron chi connectivity index (χ3n) is 5.09. The maximum atomic E-state index is 13.2. The molecule has 4 rings (SSSR count). The van der Waals surface area contributed by atoms with E-state index in [1.807, 2.05) is 80.1 Å². The van der Waals surface area contributed by atoms with E-state index in [1.54, 1.807) is 11.0 Å². The van der Waals surface area contributed by atoms with Gasteiger partial charge in [0, 0.05) is 23.3 Å². The molecule has 0 saturated heterocycles. The van der Waals surface area contributed by atoms with Crippen LogP contribution < -0.4 is 4.90 Å². The van der Waals surface area contributed by atoms with Crippen molar-refractivity contribution in [3.63, 3.8) is 0 Å². The van der Waals surface area contributed by atoms with Gasteiger partial charge in [-0.25, -0.2) is 4.98 Å². The van der Waals surface area contributed by atoms with Crippen molar-refractivity contribution in [3.8, 4) is 0 Å². The fraction of sp³-hybridized carbons (Fsp3) is 0.208. The van der Waals surface area contributed by atoms with Gasteiger partial charge in [0.25, 0.3) is 5.91 Å². The Labute approximate surface area is 190 Å². The standard InChI is InChI=1S/C24H23ClN4OS/c1-16-15-17(2)29(27-16)14-13-28(22(30)12-9-19-7-5-4-6-8-19)24-26-23-18(3)20(25)10-11-21(23)31-24/h4-12,15H,13-14H2,1-3H3/b12-9+. The normalized spacial score (nSPS) is 11.5. The van der Waals surface area contributed by atoms with Crippen LogP contribution in [0.25, 0.3) is 16.3 Å². The Kier molecular flexibility index (Phi) is 6.20. The maximum Gasteiger partial charge on any atom is 0.252 e. The van der Waals surface area contributed by atoms with E-state index in [1.165, 1.54) is 11.3 Å². The van der Waals surface area contributed by atoms with E-state index < -0.39 is 0 Å². The molecule has 0 aliphatic carbocycles. The van der Waals surface area contributed by atoms with Crippen molar-refractivity contribution >= 4 is 50.3 Å². The molecule has 5 nitrogen and oxygen atoms in total. The molecule has 0 unspecified atom stereocenters. The Morgan fingerprint density at radius 2 is 1.94 bits per heavy atom. The van der Waals surface area contributed by atoms with Gasteiger partial charge in [-0.3, -0.25) is 14.4 Å². The van der Waals surface area contributed by atoms with Crippen LogP contribution in [0.5, 0.6) is 0 Å². The summed E-state index contributed by atoms with van der Waals surface area (Å²) < 4.78 is 2.93. The van der Waals surface area contributed by atoms with Gasteiger partial charge < -0.3 is 0 Å². The van der Waals surface area contributed by atoms with Gasteiger partial charge in [0.2, 0.25) is 0 Å². The highest BCUT2D eigenvalue weighted by Gasteiger charge is 2.19. The summed E-state index contributed by atoms with van der Waals surface area (Å²) in [4.78, 5) is 19.7. The largest absolute Gasteiger partial charge is 0.283 e. The number of thiazole rings is 1. The number of hydrogen-bond donors (Lipinski definition) is 0. The van der Waals surface area contributed by atoms with Gasteiger partial charge in [-0.15, -0.1) is 0 Å². The van der Waals surface area contributed by atoms with Gasteiger partial charge in [-0.2, -0.15) is 5.10 Å².